The minimum Gasteiger partial charge on any atom is -0.447 e. The number of halogens is 6. The van der Waals surface area contributed by atoms with Crippen LogP contribution in [0.4, 0.5) is 58.0 Å². The van der Waals surface area contributed by atoms with E-state index in [2.05, 4.69) is 73.0 Å². The van der Waals surface area contributed by atoms with Crippen molar-refractivity contribution in [3.8, 4) is 5.75 Å². The second kappa shape index (κ2) is 34.7. The molecule has 4 aromatic heterocycles. The molecular weight excluding hydrogens is 1380 g/mol. The molecule has 1 unspecified atom stereocenters. The Morgan fingerprint density at radius 2 is 1.49 bits per heavy atom. The first kappa shape index (κ1) is 75.1. The predicted octanol–water partition coefficient (Wildman–Crippen LogP) is 4.23. The van der Waals surface area contributed by atoms with Crippen molar-refractivity contribution < 1.29 is 112 Å². The topological polar surface area (TPSA) is 446 Å². The van der Waals surface area contributed by atoms with Gasteiger partial charge in [-0.15, -0.1) is 0 Å². The number of primary amides is 1. The molecule has 2 aliphatic rings. The van der Waals surface area contributed by atoms with Gasteiger partial charge in [0.05, 0.1) is 58.2 Å². The van der Waals surface area contributed by atoms with E-state index in [1.807, 2.05) is 0 Å². The Hall–Kier alpha value is -8.63. The molecule has 34 nitrogen and oxygen atoms in total. The number of nitrogens with one attached hydrogen (secondary N) is 5. The zero-order valence-corrected chi connectivity index (χ0v) is 54.7. The predicted molar refractivity (Wildman–Crippen MR) is 331 cm³/mol. The minimum absolute atomic E-state index is 0.0144. The molecule has 6 aromatic rings. The van der Waals surface area contributed by atoms with Crippen molar-refractivity contribution in [2.45, 2.75) is 108 Å². The van der Waals surface area contributed by atoms with Gasteiger partial charge >= 0.3 is 30.9 Å². The van der Waals surface area contributed by atoms with Gasteiger partial charge in [-0.1, -0.05) is 26.0 Å². The standard InChI is InChI=1S/C55H66F6N16O18P2S/c1-26(2)41(73-32(78)12-16-87-17-13-34(79)94-45-38(59)36(57)35(56)37(58)39(45)60)51(81)72-30(5-4-14-64-53(63)82)50(80)71-28-8-6-27(7-9-28)19-89-55(84)75(3)15-18-88-54(83)74-47-43-49(68-23-66-47)76(24-70-43)33-11-10-29(92-33)20-90-96-95-44-31(21-91-97(85,86)98)93-52(40(44)61)77-25-69-42-46(62)65-22-67-48(42)77/h6-9,22-26,29-31,33,40-41,44,52,96H,4-5,10-21H2,1-3H3,(H,71,80)(H,72,81)(H,73,78)(H2,62,65,67)(H3,63,64,82)(H2,85,86,98)(H,66,68,74,83)/t29-,30-,31+,33+,40+,41-,44+,52+/m0/s1. The summed E-state index contributed by atoms with van der Waals surface area (Å²) >= 11 is 4.57. The molecule has 98 heavy (non-hydrogen) atoms. The van der Waals surface area contributed by atoms with Crippen LogP contribution in [0.2, 0.25) is 0 Å². The Balaban J connectivity index is 0.733. The average molecular weight is 1450 g/mol. The molecule has 0 bridgehead atoms. The van der Waals surface area contributed by atoms with Gasteiger partial charge in [-0.2, -0.15) is 8.78 Å². The number of nitrogen functional groups attached to an aromatic ring is 1. The summed E-state index contributed by atoms with van der Waals surface area (Å²) < 4.78 is 136. The SMILES string of the molecule is CC(C)[C@H](NC(=O)CCOCCC(=O)Oc1c(F)c(F)c(F)c(F)c1F)C(=O)N[C@@H](CCCNC(N)=O)C(=O)Nc1ccc(COC(=O)N(C)CCOC(=O)Nc2ncnc3c2ncn3[C@H]2CC[C@@H](COPO[C@H]3[C@@H](F)[C@H](n4cnc5c(N)ncnc54)O[C@@H]3COP(O)(O)=S)O2)cc1. The van der Waals surface area contributed by atoms with Crippen LogP contribution in [0.25, 0.3) is 22.3 Å². The zero-order chi connectivity index (χ0) is 71.0. The number of rotatable bonds is 33. The van der Waals surface area contributed by atoms with Gasteiger partial charge in [0.15, 0.2) is 49.9 Å². The lowest BCUT2D eigenvalue weighted by Crippen LogP contribution is -2.54. The van der Waals surface area contributed by atoms with Gasteiger partial charge in [-0.25, -0.2) is 61.8 Å². The van der Waals surface area contributed by atoms with Crippen molar-refractivity contribution >= 4 is 109 Å². The number of benzene rings is 2. The highest BCUT2D eigenvalue weighted by atomic mass is 32.5. The average Bonchev–Trinajstić information content (AvgIpc) is 1.57. The lowest BCUT2D eigenvalue weighted by atomic mass is 10.0. The van der Waals surface area contributed by atoms with E-state index in [4.69, 9.17) is 48.7 Å². The summed E-state index contributed by atoms with van der Waals surface area (Å²) in [5, 5.41) is 12.7. The Kier molecular flexibility index (Phi) is 26.6. The van der Waals surface area contributed by atoms with Crippen molar-refractivity contribution in [2.24, 2.45) is 11.7 Å². The van der Waals surface area contributed by atoms with Crippen LogP contribution >= 0.6 is 15.8 Å². The number of urea groups is 1. The Bertz CT molecular complexity index is 3860. The number of fused-ring (bicyclic) bond motifs is 2. The van der Waals surface area contributed by atoms with Gasteiger partial charge in [-0.05, 0) is 61.1 Å². The summed E-state index contributed by atoms with van der Waals surface area (Å²) in [6.07, 6.45) is -3.18. The number of alkyl halides is 1. The normalized spacial score (nSPS) is 18.4. The van der Waals surface area contributed by atoms with Gasteiger partial charge in [-0.3, -0.25) is 33.6 Å². The lowest BCUT2D eigenvalue weighted by molar-refractivity contribution is -0.136. The van der Waals surface area contributed by atoms with E-state index in [0.29, 0.717) is 24.1 Å². The van der Waals surface area contributed by atoms with Crippen molar-refractivity contribution in [3.63, 3.8) is 0 Å². The fourth-order valence-electron chi connectivity index (χ4n) is 9.56. The molecule has 2 aliphatic heterocycles. The number of nitrogens with two attached hydrogens (primary N) is 2. The first-order chi connectivity index (χ1) is 46.7. The number of aromatic nitrogens is 8. The molecule has 7 amide bonds. The van der Waals surface area contributed by atoms with Crippen LogP contribution in [0.1, 0.15) is 70.4 Å². The van der Waals surface area contributed by atoms with Gasteiger partial charge in [0.1, 0.15) is 61.9 Å². The third kappa shape index (κ3) is 20.3. The molecule has 532 valence electrons. The molecule has 9 atom stereocenters. The van der Waals surface area contributed by atoms with E-state index in [1.165, 1.54) is 49.1 Å². The summed E-state index contributed by atoms with van der Waals surface area (Å²) in [5.41, 5.74) is 12.8. The number of hydrogen-bond donors (Lipinski definition) is 9. The van der Waals surface area contributed by atoms with Crippen LogP contribution in [0.15, 0.2) is 49.6 Å². The second-order valence-electron chi connectivity index (χ2n) is 21.9. The molecule has 2 aromatic carbocycles. The number of anilines is 3. The molecule has 8 rings (SSSR count). The minimum atomic E-state index is -4.15. The number of carbonyl (C=O) groups is 7. The lowest BCUT2D eigenvalue weighted by Gasteiger charge is -2.25. The summed E-state index contributed by atoms with van der Waals surface area (Å²) in [5.74, 6) is -17.6. The molecule has 0 aliphatic carbocycles. The van der Waals surface area contributed by atoms with Crippen molar-refractivity contribution in [2.75, 3.05) is 69.5 Å². The van der Waals surface area contributed by atoms with E-state index in [0.717, 1.165) is 4.90 Å². The van der Waals surface area contributed by atoms with Gasteiger partial charge in [0, 0.05) is 25.7 Å². The number of nitrogens with zero attached hydrogens (tertiary/aromatic N) is 9. The summed E-state index contributed by atoms with van der Waals surface area (Å²) in [6.45, 7) is -2.82. The van der Waals surface area contributed by atoms with Crippen LogP contribution in [-0.2, 0) is 74.8 Å². The smallest absolute Gasteiger partial charge is 0.412 e. The number of carbonyl (C=O) groups excluding carboxylic acids is 7. The van der Waals surface area contributed by atoms with Gasteiger partial charge in [0.25, 0.3) is 0 Å². The fourth-order valence-corrected chi connectivity index (χ4v) is 10.8. The molecule has 43 heteroatoms. The third-order valence-electron chi connectivity index (χ3n) is 14.6. The summed E-state index contributed by atoms with van der Waals surface area (Å²) in [6, 6.07) is 2.85. The maximum atomic E-state index is 16.1. The van der Waals surface area contributed by atoms with Crippen LogP contribution in [0, 0.1) is 35.0 Å². The monoisotopic (exact) mass is 1450 g/mol. The Labute approximate surface area is 558 Å². The first-order valence-corrected chi connectivity index (χ1v) is 33.0. The number of ether oxygens (including phenoxy) is 6. The maximum Gasteiger partial charge on any atom is 0.412 e. The number of imidazole rings is 2. The van der Waals surface area contributed by atoms with Crippen LogP contribution in [0.5, 0.6) is 5.75 Å². The van der Waals surface area contributed by atoms with E-state index in [-0.39, 0.29) is 92.8 Å². The highest BCUT2D eigenvalue weighted by Crippen LogP contribution is 2.43. The van der Waals surface area contributed by atoms with Crippen LogP contribution < -0.4 is 42.8 Å². The van der Waals surface area contributed by atoms with Crippen molar-refractivity contribution in [1.82, 2.24) is 59.9 Å². The number of hydrogen-bond acceptors (Lipinski definition) is 24. The first-order valence-electron chi connectivity index (χ1n) is 29.6. The third-order valence-corrected chi connectivity index (χ3v) is 16.0. The van der Waals surface area contributed by atoms with E-state index < -0.39 is 167 Å². The van der Waals surface area contributed by atoms with Crippen molar-refractivity contribution in [3.05, 3.63) is 84.2 Å². The highest BCUT2D eigenvalue weighted by molar-refractivity contribution is 8.06. The number of amides is 7. The Morgan fingerprint density at radius 3 is 2.19 bits per heavy atom. The summed E-state index contributed by atoms with van der Waals surface area (Å²) in [7, 11) is 0.685. The Morgan fingerprint density at radius 1 is 0.816 bits per heavy atom. The number of esters is 1. The van der Waals surface area contributed by atoms with E-state index >= 15 is 4.39 Å². The number of likely N-dealkylation sites (N-methyl/N-ethyl adjacent to an activating group) is 1. The van der Waals surface area contributed by atoms with Gasteiger partial charge in [0.2, 0.25) is 52.6 Å². The molecule has 0 saturated carbocycles. The fraction of sp³-hybridized carbons (Fsp3) is 0.473. The molecule has 6 heterocycles. The second-order valence-corrected chi connectivity index (χ2v) is 25.2. The van der Waals surface area contributed by atoms with Gasteiger partial charge < -0.3 is 89.4 Å². The van der Waals surface area contributed by atoms with Crippen LogP contribution in [0.3, 0.4) is 0 Å². The molecule has 0 radical (unpaired) electrons. The zero-order valence-electron chi connectivity index (χ0n) is 51.9. The van der Waals surface area contributed by atoms with E-state index in [1.54, 1.807) is 30.5 Å². The van der Waals surface area contributed by atoms with Crippen molar-refractivity contribution in [1.29, 1.82) is 0 Å². The van der Waals surface area contributed by atoms with Crippen LogP contribution in [-0.4, -0.2) is 185 Å². The molecule has 2 saturated heterocycles. The maximum absolute atomic E-state index is 16.1. The molecule has 2 fully saturated rings. The highest BCUT2D eigenvalue weighted by Gasteiger charge is 2.49. The largest absolute Gasteiger partial charge is 0.447 e. The quantitative estimate of drug-likeness (QED) is 0.00529. The summed E-state index contributed by atoms with van der Waals surface area (Å²) in [4.78, 5) is 135. The van der Waals surface area contributed by atoms with E-state index in [9.17, 15) is 65.3 Å². The molecule has 11 N–H and O–H groups in total. The molecular formula is C55H66F6N16O18P2S. The molecule has 0 spiro atoms.